The number of alkyl halides is 2. The summed E-state index contributed by atoms with van der Waals surface area (Å²) in [6, 6.07) is 6.49. The number of benzene rings is 1. The fraction of sp³-hybridized carbons (Fsp3) is 0.538. The van der Waals surface area contributed by atoms with E-state index in [9.17, 15) is 8.78 Å². The van der Waals surface area contributed by atoms with Crippen molar-refractivity contribution in [2.45, 2.75) is 12.3 Å². The highest BCUT2D eigenvalue weighted by Gasteiger charge is 2.34. The Labute approximate surface area is 105 Å². The van der Waals surface area contributed by atoms with Crippen LogP contribution in [0.3, 0.4) is 0 Å². The van der Waals surface area contributed by atoms with E-state index in [-0.39, 0.29) is 5.56 Å². The Morgan fingerprint density at radius 1 is 1.22 bits per heavy atom. The summed E-state index contributed by atoms with van der Waals surface area (Å²) in [5.41, 5.74) is 0.528. The number of hydrogen-bond acceptors (Lipinski definition) is 3. The van der Waals surface area contributed by atoms with Gasteiger partial charge in [-0.1, -0.05) is 18.2 Å². The Kier molecular flexibility index (Phi) is 4.14. The molecule has 1 saturated heterocycles. The van der Waals surface area contributed by atoms with Gasteiger partial charge in [0.1, 0.15) is 0 Å². The van der Waals surface area contributed by atoms with Crippen molar-refractivity contribution in [1.29, 1.82) is 0 Å². The summed E-state index contributed by atoms with van der Waals surface area (Å²) in [5, 5.41) is 8.75. The molecule has 5 heteroatoms. The van der Waals surface area contributed by atoms with Gasteiger partial charge in [-0.05, 0) is 6.07 Å². The van der Waals surface area contributed by atoms with Crippen LogP contribution in [0.25, 0.3) is 0 Å². The second-order valence-corrected chi connectivity index (χ2v) is 4.29. The summed E-state index contributed by atoms with van der Waals surface area (Å²) in [6.07, 6.45) is -0.547. The molecule has 18 heavy (non-hydrogen) atoms. The molecule has 0 amide bonds. The van der Waals surface area contributed by atoms with Crippen LogP contribution in [-0.4, -0.2) is 38.0 Å². The van der Waals surface area contributed by atoms with Gasteiger partial charge in [0.25, 0.3) is 5.92 Å². The number of aliphatic hydroxyl groups excluding tert-OH is 1. The maximum Gasteiger partial charge on any atom is 0.277 e. The molecule has 0 aromatic heterocycles. The largest absolute Gasteiger partial charge is 0.396 e. The van der Waals surface area contributed by atoms with E-state index in [1.807, 2.05) is 4.90 Å². The Hall–Kier alpha value is -1.20. The van der Waals surface area contributed by atoms with Gasteiger partial charge in [-0.15, -0.1) is 0 Å². The number of morpholine rings is 1. The normalized spacial score (nSPS) is 16.9. The van der Waals surface area contributed by atoms with Gasteiger partial charge in [0.05, 0.1) is 13.2 Å². The molecular formula is C13H17F2NO2. The summed E-state index contributed by atoms with van der Waals surface area (Å²) < 4.78 is 33.1. The van der Waals surface area contributed by atoms with E-state index < -0.39 is 19.0 Å². The first-order chi connectivity index (χ1) is 8.65. The number of hydrogen-bond donors (Lipinski definition) is 1. The lowest BCUT2D eigenvalue weighted by Gasteiger charge is -2.32. The predicted molar refractivity (Wildman–Crippen MR) is 65.1 cm³/mol. The lowest BCUT2D eigenvalue weighted by molar-refractivity contribution is -0.0266. The number of anilines is 1. The first-order valence-corrected chi connectivity index (χ1v) is 6.06. The molecule has 0 saturated carbocycles. The van der Waals surface area contributed by atoms with Crippen LogP contribution in [0.5, 0.6) is 0 Å². The van der Waals surface area contributed by atoms with Crippen molar-refractivity contribution in [2.75, 3.05) is 37.8 Å². The van der Waals surface area contributed by atoms with Crippen LogP contribution in [0.1, 0.15) is 12.0 Å². The van der Waals surface area contributed by atoms with Crippen molar-refractivity contribution in [3.8, 4) is 0 Å². The summed E-state index contributed by atoms with van der Waals surface area (Å²) in [6.45, 7) is 1.82. The van der Waals surface area contributed by atoms with Crippen LogP contribution in [0.2, 0.25) is 0 Å². The zero-order chi connectivity index (χ0) is 13.0. The van der Waals surface area contributed by atoms with Gasteiger partial charge >= 0.3 is 0 Å². The molecule has 3 nitrogen and oxygen atoms in total. The van der Waals surface area contributed by atoms with Gasteiger partial charge in [-0.25, -0.2) is 8.78 Å². The molecule has 100 valence electrons. The van der Waals surface area contributed by atoms with Crippen LogP contribution >= 0.6 is 0 Å². The molecule has 1 heterocycles. The van der Waals surface area contributed by atoms with Crippen LogP contribution in [0.4, 0.5) is 14.5 Å². The van der Waals surface area contributed by atoms with Gasteiger partial charge in [-0.2, -0.15) is 0 Å². The fourth-order valence-electron chi connectivity index (χ4n) is 2.14. The third-order valence-electron chi connectivity index (χ3n) is 3.08. The maximum absolute atomic E-state index is 14.0. The van der Waals surface area contributed by atoms with Gasteiger partial charge < -0.3 is 14.7 Å². The van der Waals surface area contributed by atoms with E-state index in [1.165, 1.54) is 6.07 Å². The van der Waals surface area contributed by atoms with Crippen molar-refractivity contribution in [1.82, 2.24) is 0 Å². The van der Waals surface area contributed by atoms with Gasteiger partial charge in [0.15, 0.2) is 0 Å². The molecule has 1 aromatic carbocycles. The fourth-order valence-corrected chi connectivity index (χ4v) is 2.14. The quantitative estimate of drug-likeness (QED) is 0.895. The Bertz CT molecular complexity index is 392. The maximum atomic E-state index is 14.0. The lowest BCUT2D eigenvalue weighted by atomic mass is 10.0. The molecule has 0 unspecified atom stereocenters. The number of para-hydroxylation sites is 1. The molecule has 1 N–H and O–H groups in total. The van der Waals surface area contributed by atoms with Crippen molar-refractivity contribution in [3.63, 3.8) is 0 Å². The van der Waals surface area contributed by atoms with Gasteiger partial charge in [-0.3, -0.25) is 0 Å². The van der Waals surface area contributed by atoms with Crippen molar-refractivity contribution in [3.05, 3.63) is 29.8 Å². The van der Waals surface area contributed by atoms with Gasteiger partial charge in [0, 0.05) is 37.4 Å². The zero-order valence-corrected chi connectivity index (χ0v) is 10.1. The summed E-state index contributed by atoms with van der Waals surface area (Å²) in [4.78, 5) is 1.91. The molecule has 0 radical (unpaired) electrons. The average molecular weight is 257 g/mol. The summed E-state index contributed by atoms with van der Waals surface area (Å²) in [5.74, 6) is -3.00. The number of aliphatic hydroxyl groups is 1. The Balaban J connectivity index is 2.29. The minimum absolute atomic E-state index is 0.0130. The number of rotatable bonds is 4. The van der Waals surface area contributed by atoms with Gasteiger partial charge in [0.2, 0.25) is 0 Å². The van der Waals surface area contributed by atoms with E-state index in [2.05, 4.69) is 0 Å². The van der Waals surface area contributed by atoms with Crippen molar-refractivity contribution in [2.24, 2.45) is 0 Å². The lowest BCUT2D eigenvalue weighted by Crippen LogP contribution is -2.37. The number of nitrogens with zero attached hydrogens (tertiary/aromatic N) is 1. The third-order valence-corrected chi connectivity index (χ3v) is 3.08. The molecule has 0 aliphatic carbocycles. The van der Waals surface area contributed by atoms with E-state index in [0.29, 0.717) is 32.0 Å². The minimum Gasteiger partial charge on any atom is -0.396 e. The van der Waals surface area contributed by atoms with E-state index in [4.69, 9.17) is 9.84 Å². The number of halogens is 2. The molecular weight excluding hydrogens is 240 g/mol. The molecule has 0 bridgehead atoms. The first kappa shape index (κ1) is 13.2. The molecule has 1 fully saturated rings. The number of ether oxygens (including phenoxy) is 1. The molecule has 0 atom stereocenters. The third kappa shape index (κ3) is 2.79. The monoisotopic (exact) mass is 257 g/mol. The van der Waals surface area contributed by atoms with Crippen molar-refractivity contribution >= 4 is 5.69 Å². The highest BCUT2D eigenvalue weighted by atomic mass is 19.3. The highest BCUT2D eigenvalue weighted by molar-refractivity contribution is 5.55. The topological polar surface area (TPSA) is 32.7 Å². The standard InChI is InChI=1S/C13H17F2NO2/c14-13(15,5-8-17)11-3-1-2-4-12(11)16-6-9-18-10-7-16/h1-4,17H,5-10H2. The molecule has 1 aliphatic rings. The summed E-state index contributed by atoms with van der Waals surface area (Å²) >= 11 is 0. The SMILES string of the molecule is OCCC(F)(F)c1ccccc1N1CCOCC1. The second-order valence-electron chi connectivity index (χ2n) is 4.29. The molecule has 1 aliphatic heterocycles. The average Bonchev–Trinajstić information content (AvgIpc) is 2.40. The van der Waals surface area contributed by atoms with E-state index in [1.54, 1.807) is 18.2 Å². The molecule has 2 rings (SSSR count). The van der Waals surface area contributed by atoms with Crippen LogP contribution in [-0.2, 0) is 10.7 Å². The van der Waals surface area contributed by atoms with Crippen LogP contribution in [0.15, 0.2) is 24.3 Å². The van der Waals surface area contributed by atoms with Crippen LogP contribution in [0, 0.1) is 0 Å². The zero-order valence-electron chi connectivity index (χ0n) is 10.1. The van der Waals surface area contributed by atoms with E-state index in [0.717, 1.165) is 0 Å². The van der Waals surface area contributed by atoms with Crippen LogP contribution < -0.4 is 4.90 Å². The minimum atomic E-state index is -3.00. The Morgan fingerprint density at radius 2 is 1.89 bits per heavy atom. The smallest absolute Gasteiger partial charge is 0.277 e. The Morgan fingerprint density at radius 3 is 2.56 bits per heavy atom. The second kappa shape index (κ2) is 5.63. The molecule has 1 aromatic rings. The predicted octanol–water partition coefficient (Wildman–Crippen LogP) is 2.00. The highest BCUT2D eigenvalue weighted by Crippen LogP contribution is 2.37. The molecule has 0 spiro atoms. The van der Waals surface area contributed by atoms with Crippen molar-refractivity contribution < 1.29 is 18.6 Å². The van der Waals surface area contributed by atoms with E-state index >= 15 is 0 Å². The summed E-state index contributed by atoms with van der Waals surface area (Å²) in [7, 11) is 0. The first-order valence-electron chi connectivity index (χ1n) is 6.06.